The SMILES string of the molecule is CC(Nc1nc(Cl)nc(Cl)n1)C1CC2CCC1C2. The molecule has 2 bridgehead atoms. The highest BCUT2D eigenvalue weighted by Crippen LogP contribution is 2.49. The lowest BCUT2D eigenvalue weighted by atomic mass is 9.84. The Labute approximate surface area is 117 Å². The molecule has 4 nitrogen and oxygen atoms in total. The molecular formula is C12H16Cl2N4. The Kier molecular flexibility index (Phi) is 3.32. The van der Waals surface area contributed by atoms with E-state index in [9.17, 15) is 0 Å². The van der Waals surface area contributed by atoms with Crippen molar-refractivity contribution in [2.24, 2.45) is 17.8 Å². The molecule has 0 amide bonds. The minimum Gasteiger partial charge on any atom is -0.351 e. The second-order valence-electron chi connectivity index (χ2n) is 5.47. The highest BCUT2D eigenvalue weighted by Gasteiger charge is 2.41. The average Bonchev–Trinajstić information content (AvgIpc) is 2.88. The van der Waals surface area contributed by atoms with Crippen LogP contribution >= 0.6 is 23.2 Å². The summed E-state index contributed by atoms with van der Waals surface area (Å²) in [7, 11) is 0. The predicted octanol–water partition coefficient (Wildman–Crippen LogP) is 3.42. The summed E-state index contributed by atoms with van der Waals surface area (Å²) < 4.78 is 0. The van der Waals surface area contributed by atoms with E-state index in [-0.39, 0.29) is 10.6 Å². The highest BCUT2D eigenvalue weighted by atomic mass is 35.5. The second kappa shape index (κ2) is 4.82. The zero-order valence-electron chi connectivity index (χ0n) is 10.2. The highest BCUT2D eigenvalue weighted by molar-refractivity contribution is 6.31. The molecule has 2 aliphatic rings. The first kappa shape index (κ1) is 12.4. The van der Waals surface area contributed by atoms with Crippen molar-refractivity contribution in [3.63, 3.8) is 0 Å². The van der Waals surface area contributed by atoms with Crippen LogP contribution in [0.15, 0.2) is 0 Å². The molecule has 2 saturated carbocycles. The number of fused-ring (bicyclic) bond motifs is 2. The second-order valence-corrected chi connectivity index (χ2v) is 6.14. The molecule has 6 heteroatoms. The molecule has 98 valence electrons. The van der Waals surface area contributed by atoms with E-state index in [1.807, 2.05) is 0 Å². The Morgan fingerprint density at radius 1 is 1.11 bits per heavy atom. The van der Waals surface area contributed by atoms with Gasteiger partial charge in [0, 0.05) is 6.04 Å². The van der Waals surface area contributed by atoms with Gasteiger partial charge in [-0.3, -0.25) is 0 Å². The Morgan fingerprint density at radius 2 is 1.83 bits per heavy atom. The van der Waals surface area contributed by atoms with Gasteiger partial charge < -0.3 is 5.32 Å². The molecule has 1 aromatic heterocycles. The van der Waals surface area contributed by atoms with Crippen molar-refractivity contribution in [3.05, 3.63) is 10.6 Å². The number of nitrogens with zero attached hydrogens (tertiary/aromatic N) is 3. The third-order valence-electron chi connectivity index (χ3n) is 4.37. The molecule has 3 rings (SSSR count). The van der Waals surface area contributed by atoms with E-state index < -0.39 is 0 Å². The summed E-state index contributed by atoms with van der Waals surface area (Å²) in [5.41, 5.74) is 0. The number of hydrogen-bond acceptors (Lipinski definition) is 4. The predicted molar refractivity (Wildman–Crippen MR) is 71.9 cm³/mol. The normalized spacial score (nSPS) is 31.6. The molecule has 2 aliphatic carbocycles. The van der Waals surface area contributed by atoms with E-state index in [1.165, 1.54) is 25.7 Å². The van der Waals surface area contributed by atoms with Gasteiger partial charge in [0.05, 0.1) is 0 Å². The topological polar surface area (TPSA) is 50.7 Å². The number of anilines is 1. The number of aromatic nitrogens is 3. The molecule has 2 fully saturated rings. The summed E-state index contributed by atoms with van der Waals surface area (Å²) in [4.78, 5) is 11.9. The summed E-state index contributed by atoms with van der Waals surface area (Å²) in [6.07, 6.45) is 5.51. The molecule has 0 aromatic carbocycles. The molecular weight excluding hydrogens is 271 g/mol. The fraction of sp³-hybridized carbons (Fsp3) is 0.750. The van der Waals surface area contributed by atoms with Crippen molar-refractivity contribution in [2.45, 2.75) is 38.6 Å². The quantitative estimate of drug-likeness (QED) is 0.925. The fourth-order valence-corrected chi connectivity index (χ4v) is 3.97. The molecule has 0 aliphatic heterocycles. The lowest BCUT2D eigenvalue weighted by Gasteiger charge is -2.28. The van der Waals surface area contributed by atoms with Crippen molar-refractivity contribution >= 4 is 29.2 Å². The van der Waals surface area contributed by atoms with Crippen LogP contribution in [0.4, 0.5) is 5.95 Å². The number of rotatable bonds is 3. The monoisotopic (exact) mass is 286 g/mol. The average molecular weight is 287 g/mol. The first-order valence-corrected chi connectivity index (χ1v) is 7.21. The van der Waals surface area contributed by atoms with Gasteiger partial charge in [-0.05, 0) is 67.1 Å². The summed E-state index contributed by atoms with van der Waals surface area (Å²) in [5.74, 6) is 3.01. The van der Waals surface area contributed by atoms with Gasteiger partial charge in [0.2, 0.25) is 16.5 Å². The molecule has 4 atom stereocenters. The van der Waals surface area contributed by atoms with E-state index in [1.54, 1.807) is 0 Å². The summed E-state index contributed by atoms with van der Waals surface area (Å²) >= 11 is 11.5. The number of nitrogens with one attached hydrogen (secondary N) is 1. The van der Waals surface area contributed by atoms with Crippen molar-refractivity contribution in [2.75, 3.05) is 5.32 Å². The maximum absolute atomic E-state index is 5.77. The first-order chi connectivity index (χ1) is 8.61. The molecule has 4 unspecified atom stereocenters. The minimum atomic E-state index is 0.137. The van der Waals surface area contributed by atoms with Gasteiger partial charge in [0.15, 0.2) is 0 Å². The first-order valence-electron chi connectivity index (χ1n) is 6.45. The Morgan fingerprint density at radius 3 is 2.39 bits per heavy atom. The number of halogens is 2. The smallest absolute Gasteiger partial charge is 0.228 e. The standard InChI is InChI=1S/C12H16Cl2N4/c1-6(9-5-7-2-3-8(9)4-7)15-12-17-10(13)16-11(14)18-12/h6-9H,2-5H2,1H3,(H,15,16,17,18). The largest absolute Gasteiger partial charge is 0.351 e. The number of hydrogen-bond donors (Lipinski definition) is 1. The van der Waals surface area contributed by atoms with Gasteiger partial charge in [-0.1, -0.05) is 6.42 Å². The van der Waals surface area contributed by atoms with Gasteiger partial charge in [0.25, 0.3) is 0 Å². The zero-order valence-corrected chi connectivity index (χ0v) is 11.7. The third kappa shape index (κ3) is 2.41. The fourth-order valence-electron chi connectivity index (χ4n) is 3.61. The van der Waals surface area contributed by atoms with Gasteiger partial charge in [-0.25, -0.2) is 0 Å². The van der Waals surface area contributed by atoms with Gasteiger partial charge in [0.1, 0.15) is 0 Å². The maximum Gasteiger partial charge on any atom is 0.228 e. The van der Waals surface area contributed by atoms with Crippen LogP contribution in [0.3, 0.4) is 0 Å². The lowest BCUT2D eigenvalue weighted by Crippen LogP contribution is -2.30. The molecule has 1 aromatic rings. The van der Waals surface area contributed by atoms with Crippen molar-refractivity contribution < 1.29 is 0 Å². The molecule has 1 heterocycles. The summed E-state index contributed by atoms with van der Waals surface area (Å²) in [6.45, 7) is 2.19. The molecule has 0 radical (unpaired) electrons. The Hall–Kier alpha value is -0.610. The molecule has 0 saturated heterocycles. The third-order valence-corrected chi connectivity index (χ3v) is 4.71. The van der Waals surface area contributed by atoms with Crippen molar-refractivity contribution in [3.8, 4) is 0 Å². The van der Waals surface area contributed by atoms with Crippen LogP contribution in [0, 0.1) is 17.8 Å². The van der Waals surface area contributed by atoms with Crippen LogP contribution in [0.2, 0.25) is 10.6 Å². The van der Waals surface area contributed by atoms with E-state index in [0.29, 0.717) is 12.0 Å². The molecule has 0 spiro atoms. The van der Waals surface area contributed by atoms with E-state index in [0.717, 1.165) is 17.8 Å². The molecule has 18 heavy (non-hydrogen) atoms. The van der Waals surface area contributed by atoms with Gasteiger partial charge >= 0.3 is 0 Å². The van der Waals surface area contributed by atoms with Crippen LogP contribution in [0.25, 0.3) is 0 Å². The summed E-state index contributed by atoms with van der Waals surface area (Å²) in [6, 6.07) is 0.356. The Bertz CT molecular complexity index is 433. The van der Waals surface area contributed by atoms with Crippen LogP contribution in [0.5, 0.6) is 0 Å². The van der Waals surface area contributed by atoms with Crippen molar-refractivity contribution in [1.82, 2.24) is 15.0 Å². The van der Waals surface area contributed by atoms with E-state index in [4.69, 9.17) is 23.2 Å². The minimum absolute atomic E-state index is 0.137. The molecule has 1 N–H and O–H groups in total. The van der Waals surface area contributed by atoms with Crippen LogP contribution in [-0.4, -0.2) is 21.0 Å². The van der Waals surface area contributed by atoms with Crippen LogP contribution in [-0.2, 0) is 0 Å². The van der Waals surface area contributed by atoms with E-state index in [2.05, 4.69) is 27.2 Å². The maximum atomic E-state index is 5.77. The zero-order chi connectivity index (χ0) is 12.7. The van der Waals surface area contributed by atoms with Gasteiger partial charge in [-0.2, -0.15) is 15.0 Å². The van der Waals surface area contributed by atoms with Gasteiger partial charge in [-0.15, -0.1) is 0 Å². The van der Waals surface area contributed by atoms with Crippen LogP contribution in [0.1, 0.15) is 32.6 Å². The van der Waals surface area contributed by atoms with Crippen LogP contribution < -0.4 is 5.32 Å². The van der Waals surface area contributed by atoms with Crippen molar-refractivity contribution in [1.29, 1.82) is 0 Å². The van der Waals surface area contributed by atoms with E-state index >= 15 is 0 Å². The summed E-state index contributed by atoms with van der Waals surface area (Å²) in [5, 5.41) is 3.59. The Balaban J connectivity index is 1.68. The lowest BCUT2D eigenvalue weighted by molar-refractivity contribution is 0.303.